The number of hydrogen-bond donors (Lipinski definition) is 5. The fourth-order valence-electron chi connectivity index (χ4n) is 14.0. The Kier molecular flexibility index (Phi) is 18.4. The molecule has 4 unspecified atom stereocenters. The van der Waals surface area contributed by atoms with Gasteiger partial charge < -0.3 is 40.4 Å². The van der Waals surface area contributed by atoms with Crippen LogP contribution in [0.15, 0.2) is 79.1 Å². The Bertz CT molecular complexity index is 3710. The van der Waals surface area contributed by atoms with E-state index >= 15 is 0 Å². The zero-order valence-electron chi connectivity index (χ0n) is 51.3. The van der Waals surface area contributed by atoms with E-state index in [0.717, 1.165) is 154 Å². The van der Waals surface area contributed by atoms with Gasteiger partial charge in [0.1, 0.15) is 29.9 Å². The molecule has 2 bridgehead atoms. The molecule has 18 heteroatoms. The topological polar surface area (TPSA) is 213 Å². The molecule has 452 valence electrons. The predicted octanol–water partition coefficient (Wildman–Crippen LogP) is 10.7. The van der Waals surface area contributed by atoms with Crippen LogP contribution in [0.1, 0.15) is 141 Å². The molecular weight excluding hydrogens is 1080 g/mol. The van der Waals surface area contributed by atoms with E-state index in [0.29, 0.717) is 49.0 Å². The van der Waals surface area contributed by atoms with Gasteiger partial charge in [-0.25, -0.2) is 0 Å². The second-order valence-electron chi connectivity index (χ2n) is 24.3. The van der Waals surface area contributed by atoms with Crippen LogP contribution in [0.25, 0.3) is 55.3 Å². The molecule has 7 heterocycles. The molecule has 0 spiro atoms. The minimum absolute atomic E-state index is 0.104. The molecule has 18 nitrogen and oxygen atoms in total. The van der Waals surface area contributed by atoms with Gasteiger partial charge in [0, 0.05) is 98.4 Å². The summed E-state index contributed by atoms with van der Waals surface area (Å²) in [7, 11) is 4.86. The van der Waals surface area contributed by atoms with Crippen molar-refractivity contribution in [2.45, 2.75) is 161 Å². The summed E-state index contributed by atoms with van der Waals surface area (Å²) in [4.78, 5) is 54.0. The summed E-state index contributed by atoms with van der Waals surface area (Å²) in [6, 6.07) is 24.1. The van der Waals surface area contributed by atoms with E-state index in [-0.39, 0.29) is 23.6 Å². The molecule has 1 amide bonds. The Morgan fingerprint density at radius 3 is 2.35 bits per heavy atom. The number of ether oxygens (including phenoxy) is 1. The lowest BCUT2D eigenvalue weighted by Crippen LogP contribution is -2.44. The van der Waals surface area contributed by atoms with Crippen LogP contribution >= 0.6 is 0 Å². The third kappa shape index (κ3) is 11.9. The van der Waals surface area contributed by atoms with Crippen molar-refractivity contribution in [3.8, 4) is 39.5 Å². The second kappa shape index (κ2) is 26.4. The quantitative estimate of drug-likeness (QED) is 0.0477. The van der Waals surface area contributed by atoms with Gasteiger partial charge in [0.05, 0.1) is 29.0 Å². The first-order valence-electron chi connectivity index (χ1n) is 31.3. The summed E-state index contributed by atoms with van der Waals surface area (Å²) in [6.07, 6.45) is 17.5. The number of hydrogen-bond acceptors (Lipinski definition) is 14. The number of rotatable bonds is 19. The maximum absolute atomic E-state index is 14.1. The molecule has 3 saturated heterocycles. The molecule has 5 aliphatic rings. The highest BCUT2D eigenvalue weighted by Crippen LogP contribution is 2.51. The number of aliphatic hydroxyl groups excluding tert-OH is 1. The average molecular weight is 1160 g/mol. The van der Waals surface area contributed by atoms with Crippen LogP contribution in [-0.2, 0) is 35.5 Å². The number of nitrogens with one attached hydrogen (secondary N) is 4. The fraction of sp³-hybridized carbons (Fsp3) is 0.471. The number of carbonyl (C=O) groups excluding carboxylic acids is 3. The standard InChI is InChI=1S/C54H64N10O4.C13H17N3.CH4O/c1-30(2)51(53(67)62-21-9-10-36(62)28-65)64-32(4)48(46(29-66)61-64)39-18-14-33(22-45(39)55-5)15-19-40-49(47-31(3)13-20-44-43(47)26-57-60-44)41(34-16-17-34)24-42-50(40)58-54(68-38-11-7-6-8-12-38)59-52(42)63-27-35-23-37(63)25-56-35;1-3-16-13(8-9-15-16)12-6-4-11(5-7-12)10-14-2;1-2/h13-14,18,20,22,24,26,28-30,34-38,51,55-56H,6-12,15-17,19,21,23,25,27H2,1-5H3,(H,57,60);4-9,14H,3,10H2,1-2H3;2H,1H3. The highest BCUT2D eigenvalue weighted by molar-refractivity contribution is 6.04. The third-order valence-electron chi connectivity index (χ3n) is 18.4. The van der Waals surface area contributed by atoms with E-state index in [2.05, 4.69) is 117 Å². The predicted molar refractivity (Wildman–Crippen MR) is 340 cm³/mol. The van der Waals surface area contributed by atoms with Crippen LogP contribution in [0.5, 0.6) is 6.01 Å². The van der Waals surface area contributed by atoms with Crippen LogP contribution in [0.4, 0.5) is 11.5 Å². The number of aromatic nitrogens is 8. The summed E-state index contributed by atoms with van der Waals surface area (Å²) in [6.45, 7) is 14.4. The van der Waals surface area contributed by atoms with Crippen LogP contribution in [0.2, 0.25) is 0 Å². The molecule has 0 radical (unpaired) electrons. The summed E-state index contributed by atoms with van der Waals surface area (Å²) in [5.41, 5.74) is 16.4. The molecule has 4 atom stereocenters. The van der Waals surface area contributed by atoms with Crippen molar-refractivity contribution in [1.29, 1.82) is 0 Å². The minimum atomic E-state index is -0.664. The highest BCUT2D eigenvalue weighted by Gasteiger charge is 2.41. The van der Waals surface area contributed by atoms with E-state index in [4.69, 9.17) is 24.9 Å². The van der Waals surface area contributed by atoms with E-state index in [9.17, 15) is 14.4 Å². The molecule has 86 heavy (non-hydrogen) atoms. The van der Waals surface area contributed by atoms with E-state index in [1.165, 1.54) is 51.1 Å². The number of anilines is 2. The maximum atomic E-state index is 14.1. The first-order chi connectivity index (χ1) is 42.0. The lowest BCUT2D eigenvalue weighted by atomic mass is 9.84. The average Bonchev–Trinajstić information content (AvgIpc) is 1.50. The van der Waals surface area contributed by atoms with Crippen molar-refractivity contribution in [3.63, 3.8) is 0 Å². The van der Waals surface area contributed by atoms with Crippen molar-refractivity contribution >= 4 is 51.8 Å². The molecule has 4 aromatic carbocycles. The number of aliphatic hydroxyl groups is 1. The van der Waals surface area contributed by atoms with Crippen molar-refractivity contribution in [3.05, 3.63) is 118 Å². The number of H-pyrrole nitrogens is 1. The minimum Gasteiger partial charge on any atom is -0.460 e. The monoisotopic (exact) mass is 1160 g/mol. The molecule has 3 aliphatic heterocycles. The second-order valence-corrected chi connectivity index (χ2v) is 24.3. The zero-order valence-corrected chi connectivity index (χ0v) is 51.3. The number of nitrogens with zero attached hydrogens (tertiary/aromatic N) is 9. The number of amides is 1. The normalized spacial score (nSPS) is 18.7. The Labute approximate surface area is 504 Å². The number of fused-ring (bicyclic) bond motifs is 4. The lowest BCUT2D eigenvalue weighted by Gasteiger charge is -2.31. The van der Waals surface area contributed by atoms with Gasteiger partial charge in [0.25, 0.3) is 0 Å². The van der Waals surface area contributed by atoms with Crippen molar-refractivity contribution in [1.82, 2.24) is 55.3 Å². The van der Waals surface area contributed by atoms with Crippen molar-refractivity contribution in [2.75, 3.05) is 51.1 Å². The van der Waals surface area contributed by atoms with Gasteiger partial charge in [-0.05, 0) is 179 Å². The van der Waals surface area contributed by atoms with E-state index in [1.807, 2.05) is 51.9 Å². The van der Waals surface area contributed by atoms with E-state index in [1.54, 1.807) is 9.58 Å². The van der Waals surface area contributed by atoms with Crippen LogP contribution in [0.3, 0.4) is 0 Å². The number of likely N-dealkylation sites (tertiary alicyclic amines) is 1. The molecule has 2 saturated carbocycles. The number of aryl methyl sites for hydroxylation is 4. The summed E-state index contributed by atoms with van der Waals surface area (Å²) in [5.74, 6) is 1.17. The Morgan fingerprint density at radius 1 is 0.872 bits per heavy atom. The van der Waals surface area contributed by atoms with Gasteiger partial charge in [-0.15, -0.1) is 0 Å². The number of carbonyl (C=O) groups is 3. The number of piperazine rings is 1. The molecule has 2 aliphatic carbocycles. The summed E-state index contributed by atoms with van der Waals surface area (Å²) in [5, 5.41) is 36.4. The molecular formula is C68H85N13O5. The molecule has 4 aromatic heterocycles. The fourth-order valence-corrected chi connectivity index (χ4v) is 14.0. The molecule has 13 rings (SSSR count). The summed E-state index contributed by atoms with van der Waals surface area (Å²) >= 11 is 0. The zero-order chi connectivity index (χ0) is 60.2. The molecule has 8 aromatic rings. The molecule has 5 N–H and O–H groups in total. The summed E-state index contributed by atoms with van der Waals surface area (Å²) < 4.78 is 10.5. The Morgan fingerprint density at radius 2 is 1.66 bits per heavy atom. The smallest absolute Gasteiger partial charge is 0.319 e. The van der Waals surface area contributed by atoms with E-state index < -0.39 is 12.1 Å². The van der Waals surface area contributed by atoms with Crippen LogP contribution in [0, 0.1) is 19.8 Å². The van der Waals surface area contributed by atoms with Crippen molar-refractivity contribution < 1.29 is 24.2 Å². The van der Waals surface area contributed by atoms with Gasteiger partial charge >= 0.3 is 6.01 Å². The van der Waals surface area contributed by atoms with Gasteiger partial charge in [-0.2, -0.15) is 25.3 Å². The van der Waals surface area contributed by atoms with Gasteiger partial charge in [-0.3, -0.25) is 24.1 Å². The Hall–Kier alpha value is -7.80. The van der Waals surface area contributed by atoms with Gasteiger partial charge in [-0.1, -0.05) is 62.7 Å². The largest absolute Gasteiger partial charge is 0.460 e. The highest BCUT2D eigenvalue weighted by atomic mass is 16.5. The number of aromatic amines is 1. The SMILES string of the molecule is CCn1nccc1-c1ccc(CNC)cc1.CNc1cc(CCc2c(-c3c(C)ccc4[nH]ncc34)c(C3CC3)cc3c(N4CC5CC4CN5)nc(OC4CCCCC4)nc23)ccc1-c1c(C=O)nn(C(C(=O)N2CCCC2C=O)C(C)C)c1C.CO. The van der Waals surface area contributed by atoms with Crippen molar-refractivity contribution in [2.24, 2.45) is 5.92 Å². The van der Waals surface area contributed by atoms with Gasteiger partial charge in [0.15, 0.2) is 6.29 Å². The Balaban J connectivity index is 0.000000367. The third-order valence-corrected chi connectivity index (χ3v) is 18.4. The molecule has 5 fully saturated rings. The number of aldehydes is 2. The lowest BCUT2D eigenvalue weighted by molar-refractivity contribution is -0.139. The van der Waals surface area contributed by atoms with Crippen LogP contribution in [-0.4, -0.2) is 133 Å². The number of benzene rings is 4. The maximum Gasteiger partial charge on any atom is 0.319 e. The first kappa shape index (κ1) is 59.9. The van der Waals surface area contributed by atoms with Crippen LogP contribution < -0.4 is 25.6 Å². The van der Waals surface area contributed by atoms with Gasteiger partial charge in [0.2, 0.25) is 5.91 Å². The first-order valence-corrected chi connectivity index (χ1v) is 31.3.